The minimum atomic E-state index is -0.882. The summed E-state index contributed by atoms with van der Waals surface area (Å²) < 4.78 is 17.4. The van der Waals surface area contributed by atoms with Crippen molar-refractivity contribution in [1.29, 1.82) is 0 Å². The average molecular weight is 547 g/mol. The molecule has 3 aromatic rings. The van der Waals surface area contributed by atoms with Gasteiger partial charge in [-0.3, -0.25) is 9.69 Å². The second-order valence-corrected chi connectivity index (χ2v) is 11.1. The van der Waals surface area contributed by atoms with Crippen molar-refractivity contribution in [2.45, 2.75) is 37.7 Å². The van der Waals surface area contributed by atoms with Gasteiger partial charge in [-0.05, 0) is 53.8 Å². The van der Waals surface area contributed by atoms with Crippen molar-refractivity contribution in [2.75, 3.05) is 33.0 Å². The molecule has 0 saturated heterocycles. The van der Waals surface area contributed by atoms with Crippen LogP contribution in [-0.4, -0.2) is 77.5 Å². The van der Waals surface area contributed by atoms with E-state index < -0.39 is 23.7 Å². The zero-order valence-electron chi connectivity index (χ0n) is 22.2. The molecule has 9 nitrogen and oxygen atoms in total. The lowest BCUT2D eigenvalue weighted by Crippen LogP contribution is -2.46. The van der Waals surface area contributed by atoms with E-state index in [1.54, 1.807) is 6.07 Å². The topological polar surface area (TPSA) is 121 Å². The molecule has 0 bridgehead atoms. The highest BCUT2D eigenvalue weighted by Crippen LogP contribution is 2.41. The van der Waals surface area contributed by atoms with Gasteiger partial charge in [0.15, 0.2) is 11.5 Å². The molecule has 1 aliphatic carbocycles. The third-order valence-electron chi connectivity index (χ3n) is 7.97. The number of carbonyl (C=O) groups excluding carboxylic acids is 1. The molecule has 9 heteroatoms. The summed E-state index contributed by atoms with van der Waals surface area (Å²) in [7, 11) is 0. The lowest BCUT2D eigenvalue weighted by Gasteiger charge is -2.37. The quantitative estimate of drug-likeness (QED) is 0.396. The number of hydrogen-bond acceptors (Lipinski definition) is 8. The molecule has 1 fully saturated rings. The highest BCUT2D eigenvalue weighted by molar-refractivity contribution is 5.97. The maximum atomic E-state index is 13.2. The number of aliphatic hydroxyl groups excluding tert-OH is 3. The Morgan fingerprint density at radius 1 is 0.850 bits per heavy atom. The van der Waals surface area contributed by atoms with Crippen molar-refractivity contribution >= 4 is 5.91 Å². The molecule has 4 atom stereocenters. The van der Waals surface area contributed by atoms with E-state index in [0.29, 0.717) is 48.7 Å². The summed E-state index contributed by atoms with van der Waals surface area (Å²) in [6, 6.07) is 21.1. The number of benzene rings is 3. The fraction of sp³-hybridized carbons (Fsp3) is 0.387. The lowest BCUT2D eigenvalue weighted by atomic mass is 9.85. The highest BCUT2D eigenvalue weighted by atomic mass is 16.7. The highest BCUT2D eigenvalue weighted by Gasteiger charge is 2.46. The third-order valence-corrected chi connectivity index (χ3v) is 7.97. The molecular formula is C31H34N2O7. The molecule has 0 aromatic heterocycles. The Kier molecular flexibility index (Phi) is 7.37. The van der Waals surface area contributed by atoms with Gasteiger partial charge in [-0.25, -0.2) is 0 Å². The zero-order valence-corrected chi connectivity index (χ0v) is 22.2. The van der Waals surface area contributed by atoms with E-state index in [-0.39, 0.29) is 32.4 Å². The van der Waals surface area contributed by atoms with E-state index in [4.69, 9.17) is 14.2 Å². The minimum absolute atomic E-state index is 0.0641. The standard InChI is InChI=1S/C31H34N2O7/c34-23-14-32-30(37)24-8-7-22(21-4-2-1-3-5-21)11-28(24)38-18-31(12-25(35)26(36)13-31)17-33(16-23)15-20-6-9-27-29(10-20)40-19-39-27/h1-11,23,25-26,34-36H,12-19H2,(H,32,37)/t23-,25-,26+,31?/m0/s1. The zero-order chi connectivity index (χ0) is 27.7. The van der Waals surface area contributed by atoms with Crippen LogP contribution in [-0.2, 0) is 6.54 Å². The molecule has 3 aromatic carbocycles. The van der Waals surface area contributed by atoms with E-state index >= 15 is 0 Å². The Morgan fingerprint density at radius 2 is 1.62 bits per heavy atom. The van der Waals surface area contributed by atoms with Gasteiger partial charge in [-0.1, -0.05) is 42.5 Å². The van der Waals surface area contributed by atoms with Crippen LogP contribution in [0.4, 0.5) is 0 Å². The van der Waals surface area contributed by atoms with Crippen LogP contribution in [0.1, 0.15) is 28.8 Å². The van der Waals surface area contributed by atoms with Crippen molar-refractivity contribution < 1.29 is 34.3 Å². The van der Waals surface area contributed by atoms with Crippen LogP contribution in [0.5, 0.6) is 17.2 Å². The van der Waals surface area contributed by atoms with Crippen molar-refractivity contribution in [3.8, 4) is 28.4 Å². The Hall–Kier alpha value is -3.63. The van der Waals surface area contributed by atoms with Crippen molar-refractivity contribution in [3.63, 3.8) is 0 Å². The van der Waals surface area contributed by atoms with Crippen molar-refractivity contribution in [1.82, 2.24) is 10.2 Å². The molecule has 3 aliphatic rings. The van der Waals surface area contributed by atoms with E-state index in [9.17, 15) is 20.1 Å². The van der Waals surface area contributed by atoms with E-state index in [0.717, 1.165) is 16.7 Å². The molecule has 0 radical (unpaired) electrons. The van der Waals surface area contributed by atoms with Crippen LogP contribution < -0.4 is 19.5 Å². The fourth-order valence-electron chi connectivity index (χ4n) is 6.03. The monoisotopic (exact) mass is 546 g/mol. The summed E-state index contributed by atoms with van der Waals surface area (Å²) in [5.41, 5.74) is 2.64. The Labute approximate surface area is 232 Å². The minimum Gasteiger partial charge on any atom is -0.492 e. The molecule has 6 rings (SSSR count). The summed E-state index contributed by atoms with van der Waals surface area (Å²) >= 11 is 0. The first-order chi connectivity index (χ1) is 19.4. The van der Waals surface area contributed by atoms with Crippen LogP contribution in [0.2, 0.25) is 0 Å². The number of rotatable bonds is 3. The maximum absolute atomic E-state index is 13.2. The first-order valence-corrected chi connectivity index (χ1v) is 13.6. The molecule has 210 valence electrons. The summed E-state index contributed by atoms with van der Waals surface area (Å²) in [5, 5.41) is 35.0. The van der Waals surface area contributed by atoms with Crippen molar-refractivity contribution in [2.24, 2.45) is 5.41 Å². The summed E-state index contributed by atoms with van der Waals surface area (Å²) in [6.07, 6.45) is -1.93. The molecule has 1 unspecified atom stereocenters. The molecule has 1 spiro atoms. The number of nitrogens with zero attached hydrogens (tertiary/aromatic N) is 1. The number of carbonyl (C=O) groups is 1. The first kappa shape index (κ1) is 26.6. The van der Waals surface area contributed by atoms with Gasteiger partial charge in [-0.2, -0.15) is 0 Å². The second kappa shape index (κ2) is 11.1. The first-order valence-electron chi connectivity index (χ1n) is 13.6. The van der Waals surface area contributed by atoms with Gasteiger partial charge in [0, 0.05) is 31.6 Å². The largest absolute Gasteiger partial charge is 0.492 e. The smallest absolute Gasteiger partial charge is 0.255 e. The van der Waals surface area contributed by atoms with E-state index in [1.807, 2.05) is 60.7 Å². The fourth-order valence-corrected chi connectivity index (χ4v) is 6.03. The number of amides is 1. The number of ether oxygens (including phenoxy) is 3. The van der Waals surface area contributed by atoms with Gasteiger partial charge >= 0.3 is 0 Å². The summed E-state index contributed by atoms with van der Waals surface area (Å²) in [4.78, 5) is 15.3. The number of hydrogen-bond donors (Lipinski definition) is 4. The van der Waals surface area contributed by atoms with Gasteiger partial charge in [-0.15, -0.1) is 0 Å². The Morgan fingerprint density at radius 3 is 2.42 bits per heavy atom. The molecule has 40 heavy (non-hydrogen) atoms. The van der Waals surface area contributed by atoms with Crippen LogP contribution >= 0.6 is 0 Å². The number of aliphatic hydroxyl groups is 3. The number of β-amino-alcohol motifs (C(OH)–C–C–N with tert-alkyl or cyclic N) is 1. The van der Waals surface area contributed by atoms with Gasteiger partial charge in [0.25, 0.3) is 5.91 Å². The normalized spacial score (nSPS) is 26.9. The predicted octanol–water partition coefficient (Wildman–Crippen LogP) is 2.57. The molecule has 2 aliphatic heterocycles. The second-order valence-electron chi connectivity index (χ2n) is 11.1. The third kappa shape index (κ3) is 5.64. The van der Waals surface area contributed by atoms with Crippen LogP contribution in [0.15, 0.2) is 66.7 Å². The average Bonchev–Trinajstić information content (AvgIpc) is 3.53. The Balaban J connectivity index is 1.32. The molecule has 1 amide bonds. The number of nitrogens with one attached hydrogen (secondary N) is 1. The lowest BCUT2D eigenvalue weighted by molar-refractivity contribution is 0.0400. The summed E-state index contributed by atoms with van der Waals surface area (Å²) in [5.74, 6) is 1.46. The van der Waals surface area contributed by atoms with Gasteiger partial charge in [0.05, 0.1) is 30.5 Å². The van der Waals surface area contributed by atoms with Crippen molar-refractivity contribution in [3.05, 3.63) is 77.9 Å². The van der Waals surface area contributed by atoms with Crippen LogP contribution in [0.25, 0.3) is 11.1 Å². The SMILES string of the molecule is O=C1NC[C@H](O)CN(Cc2ccc3c(c2)OCO3)CC2(COc3cc(-c4ccccc4)ccc31)C[C@@H](O)[C@@H](O)C2. The maximum Gasteiger partial charge on any atom is 0.255 e. The van der Waals surface area contributed by atoms with Gasteiger partial charge < -0.3 is 34.8 Å². The number of fused-ring (bicyclic) bond motifs is 2. The van der Waals surface area contributed by atoms with E-state index in [2.05, 4.69) is 10.2 Å². The van der Waals surface area contributed by atoms with Gasteiger partial charge in [0.2, 0.25) is 6.79 Å². The van der Waals surface area contributed by atoms with Gasteiger partial charge in [0.1, 0.15) is 5.75 Å². The molecular weight excluding hydrogens is 512 g/mol. The molecule has 2 heterocycles. The Bertz CT molecular complexity index is 1360. The molecule has 4 N–H and O–H groups in total. The summed E-state index contributed by atoms with van der Waals surface area (Å²) in [6.45, 7) is 1.67. The van der Waals surface area contributed by atoms with Crippen LogP contribution in [0, 0.1) is 5.41 Å². The van der Waals surface area contributed by atoms with E-state index in [1.165, 1.54) is 0 Å². The molecule has 1 saturated carbocycles. The predicted molar refractivity (Wildman–Crippen MR) is 147 cm³/mol. The van der Waals surface area contributed by atoms with Crippen LogP contribution in [0.3, 0.4) is 0 Å².